The van der Waals surface area contributed by atoms with Gasteiger partial charge in [-0.15, -0.1) is 11.3 Å². The predicted molar refractivity (Wildman–Crippen MR) is 76.7 cm³/mol. The van der Waals surface area contributed by atoms with Crippen molar-refractivity contribution in [3.05, 3.63) is 22.7 Å². The van der Waals surface area contributed by atoms with Gasteiger partial charge in [0.05, 0.1) is 33.1 Å². The molecule has 18 heavy (non-hydrogen) atoms. The fraction of sp³-hybridized carbons (Fsp3) is 0.462. The van der Waals surface area contributed by atoms with E-state index in [1.807, 2.05) is 17.6 Å². The van der Waals surface area contributed by atoms with Crippen molar-refractivity contribution in [3.8, 4) is 0 Å². The molecule has 2 atom stereocenters. The van der Waals surface area contributed by atoms with Crippen molar-refractivity contribution < 1.29 is 4.74 Å². The number of hydrogen-bond acceptors (Lipinski definition) is 4. The quantitative estimate of drug-likeness (QED) is 0.926. The lowest BCUT2D eigenvalue weighted by Gasteiger charge is -2.14. The first-order valence-corrected chi connectivity index (χ1v) is 7.41. The smallest absolute Gasteiger partial charge is 0.106 e. The summed E-state index contributed by atoms with van der Waals surface area (Å²) in [5.41, 5.74) is 3.73. The van der Waals surface area contributed by atoms with Gasteiger partial charge >= 0.3 is 0 Å². The molecule has 1 aromatic carbocycles. The molecule has 0 radical (unpaired) electrons. The third-order valence-electron chi connectivity index (χ3n) is 3.28. The van der Waals surface area contributed by atoms with Crippen LogP contribution in [-0.4, -0.2) is 23.7 Å². The Balaban J connectivity index is 1.77. The number of anilines is 1. The average molecular weight is 283 g/mol. The molecule has 0 spiro atoms. The van der Waals surface area contributed by atoms with Gasteiger partial charge in [0.2, 0.25) is 0 Å². The first-order chi connectivity index (χ1) is 8.74. The van der Waals surface area contributed by atoms with Gasteiger partial charge in [-0.2, -0.15) is 0 Å². The van der Waals surface area contributed by atoms with Crippen molar-refractivity contribution in [2.75, 3.05) is 11.9 Å². The van der Waals surface area contributed by atoms with Crippen LogP contribution in [0.25, 0.3) is 10.2 Å². The predicted octanol–water partition coefficient (Wildman–Crippen LogP) is 3.93. The molecule has 2 heterocycles. The molecule has 1 fully saturated rings. The van der Waals surface area contributed by atoms with Crippen molar-refractivity contribution in [2.45, 2.75) is 32.0 Å². The van der Waals surface area contributed by atoms with Gasteiger partial charge in [0.1, 0.15) is 5.52 Å². The summed E-state index contributed by atoms with van der Waals surface area (Å²) < 4.78 is 6.95. The second kappa shape index (κ2) is 5.03. The summed E-state index contributed by atoms with van der Waals surface area (Å²) >= 11 is 7.86. The summed E-state index contributed by atoms with van der Waals surface area (Å²) in [4.78, 5) is 4.37. The lowest BCUT2D eigenvalue weighted by molar-refractivity contribution is 0.0637. The molecular formula is C13H15ClN2OS. The number of nitrogens with one attached hydrogen (secondary N) is 1. The summed E-state index contributed by atoms with van der Waals surface area (Å²) in [6.45, 7) is 2.91. The number of halogens is 1. The van der Waals surface area contributed by atoms with Crippen molar-refractivity contribution in [1.29, 1.82) is 0 Å². The molecule has 1 aromatic heterocycles. The zero-order valence-electron chi connectivity index (χ0n) is 10.1. The first kappa shape index (κ1) is 12.2. The molecule has 1 aliphatic rings. The summed E-state index contributed by atoms with van der Waals surface area (Å²) in [6, 6.07) is 3.93. The van der Waals surface area contributed by atoms with E-state index in [9.17, 15) is 0 Å². The molecule has 1 aliphatic heterocycles. The van der Waals surface area contributed by atoms with Gasteiger partial charge in [-0.3, -0.25) is 0 Å². The van der Waals surface area contributed by atoms with Gasteiger partial charge < -0.3 is 10.1 Å². The van der Waals surface area contributed by atoms with Crippen LogP contribution >= 0.6 is 22.9 Å². The minimum Gasteiger partial charge on any atom is -0.379 e. The Kier molecular flexibility index (Phi) is 3.41. The van der Waals surface area contributed by atoms with Crippen LogP contribution in [0.15, 0.2) is 17.6 Å². The molecule has 0 bridgehead atoms. The molecule has 0 amide bonds. The van der Waals surface area contributed by atoms with E-state index in [1.54, 1.807) is 11.3 Å². The summed E-state index contributed by atoms with van der Waals surface area (Å²) in [5.74, 6) is 0. The topological polar surface area (TPSA) is 34.2 Å². The van der Waals surface area contributed by atoms with Crippen LogP contribution in [0.3, 0.4) is 0 Å². The molecule has 2 unspecified atom stereocenters. The highest BCUT2D eigenvalue weighted by molar-refractivity contribution is 7.16. The first-order valence-electron chi connectivity index (χ1n) is 6.15. The van der Waals surface area contributed by atoms with Crippen LogP contribution in [0.2, 0.25) is 5.02 Å². The van der Waals surface area contributed by atoms with Crippen molar-refractivity contribution >= 4 is 38.8 Å². The van der Waals surface area contributed by atoms with Gasteiger partial charge in [-0.1, -0.05) is 11.6 Å². The van der Waals surface area contributed by atoms with Crippen LogP contribution in [0.1, 0.15) is 19.8 Å². The normalized spacial score (nSPS) is 23.7. The number of aromatic nitrogens is 1. The Morgan fingerprint density at radius 2 is 2.39 bits per heavy atom. The standard InChI is InChI=1S/C13H15ClN2OS/c1-8-2-3-9(17-8)6-15-12-10(14)4-5-11-13(12)16-7-18-11/h4-5,7-9,15H,2-3,6H2,1H3. The lowest BCUT2D eigenvalue weighted by Crippen LogP contribution is -2.20. The maximum Gasteiger partial charge on any atom is 0.106 e. The summed E-state index contributed by atoms with van der Waals surface area (Å²) in [6.07, 6.45) is 2.91. The number of thiazole rings is 1. The van der Waals surface area contributed by atoms with Crippen LogP contribution in [0.4, 0.5) is 5.69 Å². The molecule has 1 N–H and O–H groups in total. The third kappa shape index (κ3) is 2.32. The minimum absolute atomic E-state index is 0.282. The molecule has 2 aromatic rings. The van der Waals surface area contributed by atoms with E-state index in [4.69, 9.17) is 16.3 Å². The third-order valence-corrected chi connectivity index (χ3v) is 4.39. The van der Waals surface area contributed by atoms with Crippen LogP contribution in [-0.2, 0) is 4.74 Å². The molecule has 5 heteroatoms. The zero-order valence-corrected chi connectivity index (χ0v) is 11.7. The summed E-state index contributed by atoms with van der Waals surface area (Å²) in [7, 11) is 0. The molecule has 96 valence electrons. The van der Waals surface area contributed by atoms with E-state index in [1.165, 1.54) is 0 Å². The van der Waals surface area contributed by atoms with Gasteiger partial charge in [-0.25, -0.2) is 4.98 Å². The van der Waals surface area contributed by atoms with Crippen LogP contribution < -0.4 is 5.32 Å². The van der Waals surface area contributed by atoms with E-state index in [2.05, 4.69) is 17.2 Å². The number of hydrogen-bond donors (Lipinski definition) is 1. The molecule has 3 nitrogen and oxygen atoms in total. The molecular weight excluding hydrogens is 268 g/mol. The molecule has 0 saturated carbocycles. The number of benzene rings is 1. The highest BCUT2D eigenvalue weighted by Crippen LogP contribution is 2.32. The minimum atomic E-state index is 0.282. The van der Waals surface area contributed by atoms with Crippen LogP contribution in [0, 0.1) is 0 Å². The van der Waals surface area contributed by atoms with Crippen LogP contribution in [0.5, 0.6) is 0 Å². The monoisotopic (exact) mass is 282 g/mol. The van der Waals surface area contributed by atoms with Gasteiger partial charge in [0.25, 0.3) is 0 Å². The Morgan fingerprint density at radius 1 is 1.50 bits per heavy atom. The van der Waals surface area contributed by atoms with Crippen molar-refractivity contribution in [1.82, 2.24) is 4.98 Å². The second-order valence-electron chi connectivity index (χ2n) is 4.65. The fourth-order valence-electron chi connectivity index (χ4n) is 2.33. The lowest BCUT2D eigenvalue weighted by atomic mass is 10.2. The summed E-state index contributed by atoms with van der Waals surface area (Å²) in [5, 5.41) is 4.11. The fourth-order valence-corrected chi connectivity index (χ4v) is 3.23. The highest BCUT2D eigenvalue weighted by atomic mass is 35.5. The Bertz CT molecular complexity index is 557. The van der Waals surface area contributed by atoms with Crippen molar-refractivity contribution in [3.63, 3.8) is 0 Å². The molecule has 0 aliphatic carbocycles. The Morgan fingerprint density at radius 3 is 3.17 bits per heavy atom. The largest absolute Gasteiger partial charge is 0.379 e. The van der Waals surface area contributed by atoms with E-state index in [0.29, 0.717) is 6.10 Å². The number of nitrogens with zero attached hydrogens (tertiary/aromatic N) is 1. The van der Waals surface area contributed by atoms with E-state index in [-0.39, 0.29) is 6.10 Å². The highest BCUT2D eigenvalue weighted by Gasteiger charge is 2.22. The SMILES string of the molecule is CC1CCC(CNc2c(Cl)ccc3scnc23)O1. The van der Waals surface area contributed by atoms with E-state index >= 15 is 0 Å². The number of ether oxygens (including phenoxy) is 1. The maximum atomic E-state index is 6.24. The zero-order chi connectivity index (χ0) is 12.5. The number of rotatable bonds is 3. The van der Waals surface area contributed by atoms with E-state index in [0.717, 1.165) is 40.3 Å². The van der Waals surface area contributed by atoms with Gasteiger partial charge in [-0.05, 0) is 31.9 Å². The van der Waals surface area contributed by atoms with E-state index < -0.39 is 0 Å². The molecule has 3 rings (SSSR count). The number of fused-ring (bicyclic) bond motifs is 1. The van der Waals surface area contributed by atoms with Crippen molar-refractivity contribution in [2.24, 2.45) is 0 Å². The maximum absolute atomic E-state index is 6.24. The van der Waals surface area contributed by atoms with Gasteiger partial charge in [0, 0.05) is 6.54 Å². The van der Waals surface area contributed by atoms with Gasteiger partial charge in [0.15, 0.2) is 0 Å². The molecule has 1 saturated heterocycles. The average Bonchev–Trinajstić information content (AvgIpc) is 2.96. The Hall–Kier alpha value is -0.840. The second-order valence-corrected chi connectivity index (χ2v) is 5.94. The Labute approximate surface area is 115 Å².